The van der Waals surface area contributed by atoms with Gasteiger partial charge in [0.05, 0.1) is 13.2 Å². The molecule has 0 aliphatic carbocycles. The molecule has 1 fully saturated rings. The highest BCUT2D eigenvalue weighted by Gasteiger charge is 2.14. The minimum absolute atomic E-state index is 0.199. The molecule has 0 saturated carbocycles. The number of rotatable bonds is 6. The van der Waals surface area contributed by atoms with Gasteiger partial charge < -0.3 is 24.8 Å². The summed E-state index contributed by atoms with van der Waals surface area (Å²) in [7, 11) is 0. The first kappa shape index (κ1) is 18.5. The zero-order valence-corrected chi connectivity index (χ0v) is 15.6. The largest absolute Gasteiger partial charge is 0.486 e. The standard InChI is InChI=1S/C20H24N4O4/c25-20(23-16-1-2-17-18(14-16)28-12-11-27-17)15-3-4-21-19(13-15)22-5-6-24-7-9-26-10-8-24/h1-4,13-14H,5-12H2,(H,21,22)(H,23,25). The van der Waals surface area contributed by atoms with E-state index in [1.54, 1.807) is 36.5 Å². The van der Waals surface area contributed by atoms with Gasteiger partial charge >= 0.3 is 0 Å². The average molecular weight is 384 g/mol. The number of amides is 1. The van der Waals surface area contributed by atoms with E-state index in [1.165, 1.54) is 0 Å². The molecular formula is C20H24N4O4. The van der Waals surface area contributed by atoms with Crippen LogP contribution in [-0.2, 0) is 4.74 Å². The fraction of sp³-hybridized carbons (Fsp3) is 0.400. The maximum atomic E-state index is 12.6. The van der Waals surface area contributed by atoms with Gasteiger partial charge in [0.1, 0.15) is 19.0 Å². The fourth-order valence-corrected chi connectivity index (χ4v) is 3.16. The lowest BCUT2D eigenvalue weighted by Gasteiger charge is -2.26. The van der Waals surface area contributed by atoms with E-state index in [-0.39, 0.29) is 5.91 Å². The lowest BCUT2D eigenvalue weighted by Crippen LogP contribution is -2.39. The van der Waals surface area contributed by atoms with Crippen LogP contribution in [-0.4, -0.2) is 68.4 Å². The summed E-state index contributed by atoms with van der Waals surface area (Å²) in [6.07, 6.45) is 1.63. The first-order valence-corrected chi connectivity index (χ1v) is 9.49. The molecule has 0 atom stereocenters. The third kappa shape index (κ3) is 4.71. The summed E-state index contributed by atoms with van der Waals surface area (Å²) in [5, 5.41) is 6.17. The minimum Gasteiger partial charge on any atom is -0.486 e. The molecule has 2 aromatic rings. The lowest BCUT2D eigenvalue weighted by molar-refractivity contribution is 0.0398. The molecule has 0 radical (unpaired) electrons. The zero-order valence-electron chi connectivity index (χ0n) is 15.6. The van der Waals surface area contributed by atoms with E-state index >= 15 is 0 Å². The van der Waals surface area contributed by atoms with Crippen LogP contribution in [0.5, 0.6) is 11.5 Å². The number of anilines is 2. The first-order chi connectivity index (χ1) is 13.8. The third-order valence-electron chi connectivity index (χ3n) is 4.66. The van der Waals surface area contributed by atoms with Crippen LogP contribution in [0.4, 0.5) is 11.5 Å². The van der Waals surface area contributed by atoms with Gasteiger partial charge in [-0.15, -0.1) is 0 Å². The topological polar surface area (TPSA) is 85.0 Å². The number of carbonyl (C=O) groups excluding carboxylic acids is 1. The van der Waals surface area contributed by atoms with Gasteiger partial charge in [-0.1, -0.05) is 0 Å². The van der Waals surface area contributed by atoms with Crippen molar-refractivity contribution in [3.05, 3.63) is 42.1 Å². The summed E-state index contributed by atoms with van der Waals surface area (Å²) in [4.78, 5) is 19.2. The average Bonchev–Trinajstić information content (AvgIpc) is 2.75. The Hall–Kier alpha value is -2.84. The Labute approximate surface area is 163 Å². The molecule has 2 aliphatic heterocycles. The number of hydrogen-bond acceptors (Lipinski definition) is 7. The number of aromatic nitrogens is 1. The van der Waals surface area contributed by atoms with Crippen molar-refractivity contribution in [1.29, 1.82) is 0 Å². The van der Waals surface area contributed by atoms with E-state index in [2.05, 4.69) is 20.5 Å². The highest BCUT2D eigenvalue weighted by molar-refractivity contribution is 6.04. The summed E-state index contributed by atoms with van der Waals surface area (Å²) < 4.78 is 16.4. The smallest absolute Gasteiger partial charge is 0.255 e. The van der Waals surface area contributed by atoms with Crippen LogP contribution in [0.25, 0.3) is 0 Å². The molecule has 8 heteroatoms. The number of hydrogen-bond donors (Lipinski definition) is 2. The molecule has 0 bridgehead atoms. The van der Waals surface area contributed by atoms with Gasteiger partial charge in [-0.3, -0.25) is 9.69 Å². The van der Waals surface area contributed by atoms with Crippen molar-refractivity contribution >= 4 is 17.4 Å². The van der Waals surface area contributed by atoms with Crippen LogP contribution in [0.15, 0.2) is 36.5 Å². The van der Waals surface area contributed by atoms with E-state index in [9.17, 15) is 4.79 Å². The van der Waals surface area contributed by atoms with Crippen LogP contribution in [0.2, 0.25) is 0 Å². The molecule has 2 N–H and O–H groups in total. The molecule has 1 saturated heterocycles. The van der Waals surface area contributed by atoms with Crippen molar-refractivity contribution in [3.8, 4) is 11.5 Å². The summed E-state index contributed by atoms with van der Waals surface area (Å²) in [6, 6.07) is 8.83. The van der Waals surface area contributed by atoms with Gasteiger partial charge in [0.2, 0.25) is 0 Å². The molecule has 2 aliphatic rings. The molecule has 1 aromatic heterocycles. The summed E-state index contributed by atoms with van der Waals surface area (Å²) in [5.74, 6) is 1.82. The van der Waals surface area contributed by atoms with E-state index in [0.29, 0.717) is 41.8 Å². The van der Waals surface area contributed by atoms with Crippen LogP contribution < -0.4 is 20.1 Å². The molecule has 4 rings (SSSR count). The van der Waals surface area contributed by atoms with Crippen LogP contribution in [0, 0.1) is 0 Å². The number of carbonyl (C=O) groups is 1. The normalized spacial score (nSPS) is 16.4. The third-order valence-corrected chi connectivity index (χ3v) is 4.66. The second-order valence-corrected chi connectivity index (χ2v) is 6.62. The molecular weight excluding hydrogens is 360 g/mol. The molecule has 3 heterocycles. The second kappa shape index (κ2) is 8.90. The Morgan fingerprint density at radius 2 is 1.86 bits per heavy atom. The second-order valence-electron chi connectivity index (χ2n) is 6.62. The van der Waals surface area contributed by atoms with Gasteiger partial charge in [-0.05, 0) is 24.3 Å². The Balaban J connectivity index is 1.33. The Morgan fingerprint density at radius 3 is 2.71 bits per heavy atom. The minimum atomic E-state index is -0.199. The van der Waals surface area contributed by atoms with Gasteiger partial charge in [-0.2, -0.15) is 0 Å². The van der Waals surface area contributed by atoms with E-state index in [0.717, 1.165) is 39.4 Å². The number of nitrogens with zero attached hydrogens (tertiary/aromatic N) is 2. The number of nitrogens with one attached hydrogen (secondary N) is 2. The maximum Gasteiger partial charge on any atom is 0.255 e. The van der Waals surface area contributed by atoms with Gasteiger partial charge in [0, 0.05) is 49.7 Å². The van der Waals surface area contributed by atoms with Gasteiger partial charge in [0.15, 0.2) is 11.5 Å². The van der Waals surface area contributed by atoms with E-state index in [4.69, 9.17) is 14.2 Å². The maximum absolute atomic E-state index is 12.6. The molecule has 0 spiro atoms. The number of benzene rings is 1. The SMILES string of the molecule is O=C(Nc1ccc2c(c1)OCCO2)c1ccnc(NCCN2CCOCC2)c1. The Bertz CT molecular complexity index is 824. The van der Waals surface area contributed by atoms with Crippen molar-refractivity contribution in [2.24, 2.45) is 0 Å². The predicted molar refractivity (Wildman–Crippen MR) is 105 cm³/mol. The fourth-order valence-electron chi connectivity index (χ4n) is 3.16. The molecule has 1 amide bonds. The van der Waals surface area contributed by atoms with Gasteiger partial charge in [-0.25, -0.2) is 4.98 Å². The van der Waals surface area contributed by atoms with E-state index in [1.807, 2.05) is 0 Å². The Morgan fingerprint density at radius 1 is 1.04 bits per heavy atom. The summed E-state index contributed by atoms with van der Waals surface area (Å²) in [6.45, 7) is 6.20. The molecule has 8 nitrogen and oxygen atoms in total. The van der Waals surface area contributed by atoms with Crippen molar-refractivity contribution in [2.45, 2.75) is 0 Å². The van der Waals surface area contributed by atoms with Crippen molar-refractivity contribution in [3.63, 3.8) is 0 Å². The van der Waals surface area contributed by atoms with Crippen LogP contribution >= 0.6 is 0 Å². The monoisotopic (exact) mass is 384 g/mol. The molecule has 148 valence electrons. The summed E-state index contributed by atoms with van der Waals surface area (Å²) in [5.41, 5.74) is 1.20. The number of ether oxygens (including phenoxy) is 3. The first-order valence-electron chi connectivity index (χ1n) is 9.49. The molecule has 28 heavy (non-hydrogen) atoms. The van der Waals surface area contributed by atoms with Crippen molar-refractivity contribution in [2.75, 3.05) is 63.2 Å². The Kier molecular flexibility index (Phi) is 5.89. The van der Waals surface area contributed by atoms with Crippen LogP contribution in [0.3, 0.4) is 0 Å². The zero-order chi connectivity index (χ0) is 19.2. The van der Waals surface area contributed by atoms with Crippen molar-refractivity contribution < 1.29 is 19.0 Å². The quantitative estimate of drug-likeness (QED) is 0.786. The van der Waals surface area contributed by atoms with Crippen molar-refractivity contribution in [1.82, 2.24) is 9.88 Å². The highest BCUT2D eigenvalue weighted by Crippen LogP contribution is 2.32. The molecule has 0 unspecified atom stereocenters. The number of fused-ring (bicyclic) bond motifs is 1. The van der Waals surface area contributed by atoms with Gasteiger partial charge in [0.25, 0.3) is 5.91 Å². The number of morpholine rings is 1. The summed E-state index contributed by atoms with van der Waals surface area (Å²) >= 11 is 0. The predicted octanol–water partition coefficient (Wildman–Crippen LogP) is 1.85. The highest BCUT2D eigenvalue weighted by atomic mass is 16.6. The van der Waals surface area contributed by atoms with E-state index < -0.39 is 0 Å². The van der Waals surface area contributed by atoms with Crippen LogP contribution in [0.1, 0.15) is 10.4 Å². The molecule has 1 aromatic carbocycles. The lowest BCUT2D eigenvalue weighted by atomic mass is 10.2. The number of pyridine rings is 1.